The number of anilines is 1. The number of rotatable bonds is 9. The molecule has 2 heterocycles. The molecule has 0 fully saturated rings. The van der Waals surface area contributed by atoms with E-state index in [2.05, 4.69) is 17.2 Å². The minimum Gasteiger partial charge on any atom is -0.497 e. The topological polar surface area (TPSA) is 91.7 Å². The molecule has 5 aromatic rings. The number of ketones is 1. The van der Waals surface area contributed by atoms with Gasteiger partial charge in [-0.05, 0) is 44.0 Å². The van der Waals surface area contributed by atoms with Crippen LogP contribution in [0.15, 0.2) is 71.7 Å². The maximum Gasteiger partial charge on any atom is 0.262 e. The fourth-order valence-corrected chi connectivity index (χ4v) is 5.88. The Morgan fingerprint density at radius 3 is 2.49 bits per heavy atom. The van der Waals surface area contributed by atoms with Crippen molar-refractivity contribution in [3.8, 4) is 28.5 Å². The highest BCUT2D eigenvalue weighted by molar-refractivity contribution is 6.27. The number of fused-ring (bicyclic) bond motifs is 6. The molecule has 208 valence electrons. The summed E-state index contributed by atoms with van der Waals surface area (Å²) in [6.07, 6.45) is 3.25. The molecular weight excluding hydrogens is 518 g/mol. The van der Waals surface area contributed by atoms with Crippen LogP contribution in [0.3, 0.4) is 0 Å². The summed E-state index contributed by atoms with van der Waals surface area (Å²) in [5, 5.41) is 5.50. The van der Waals surface area contributed by atoms with Crippen molar-refractivity contribution in [2.45, 2.75) is 32.4 Å². The second-order valence-corrected chi connectivity index (χ2v) is 10.2. The molecule has 0 saturated carbocycles. The zero-order valence-electron chi connectivity index (χ0n) is 23.5. The Bertz CT molecular complexity index is 1880. The Hall–Kier alpha value is -4.85. The second-order valence-electron chi connectivity index (χ2n) is 10.2. The zero-order valence-corrected chi connectivity index (χ0v) is 23.5. The minimum absolute atomic E-state index is 0.0834. The molecule has 0 bridgehead atoms. The first-order valence-electron chi connectivity index (χ1n) is 13.6. The maximum absolute atomic E-state index is 14.1. The van der Waals surface area contributed by atoms with Crippen LogP contribution in [-0.2, 0) is 6.54 Å². The van der Waals surface area contributed by atoms with Crippen molar-refractivity contribution in [1.82, 2.24) is 9.55 Å². The molecule has 0 amide bonds. The van der Waals surface area contributed by atoms with E-state index < -0.39 is 0 Å². The van der Waals surface area contributed by atoms with Crippen LogP contribution >= 0.6 is 0 Å². The zero-order chi connectivity index (χ0) is 28.7. The lowest BCUT2D eigenvalue weighted by Gasteiger charge is -2.20. The van der Waals surface area contributed by atoms with Gasteiger partial charge in [0.25, 0.3) is 5.56 Å². The standard InChI is InChI=1S/C33H31N3O5/c1-19(35-25-18-21(39-2)17-20-10-7-15-34-29(20)25)9-8-16-36-30-22-11-5-6-12-23(22)31(37)27(30)24-13-14-26(40-3)32(41-4)28(24)33(36)38/h5-7,10-15,17-19,35H,8-9,16H2,1-4H3/t19-/m0/s1. The monoisotopic (exact) mass is 549 g/mol. The van der Waals surface area contributed by atoms with Crippen molar-refractivity contribution in [3.05, 3.63) is 88.3 Å². The quantitative estimate of drug-likeness (QED) is 0.234. The Morgan fingerprint density at radius 2 is 1.73 bits per heavy atom. The van der Waals surface area contributed by atoms with Crippen LogP contribution < -0.4 is 25.1 Å². The lowest BCUT2D eigenvalue weighted by Crippen LogP contribution is -2.25. The SMILES string of the molecule is COc1cc(N[C@@H](C)CCCn2c3c(c4ccc(OC)c(OC)c4c2=O)C(=O)c2ccccc2-3)c2ncccc2c1. The number of hydrogen-bond acceptors (Lipinski definition) is 7. The number of benzene rings is 3. The molecular formula is C33H31N3O5. The molecule has 41 heavy (non-hydrogen) atoms. The average Bonchev–Trinajstić information content (AvgIpc) is 3.30. The Kier molecular flexibility index (Phi) is 6.83. The molecule has 1 aliphatic rings. The van der Waals surface area contributed by atoms with Crippen molar-refractivity contribution in [2.24, 2.45) is 0 Å². The summed E-state index contributed by atoms with van der Waals surface area (Å²) in [4.78, 5) is 32.3. The van der Waals surface area contributed by atoms with Gasteiger partial charge in [0.05, 0.1) is 49.2 Å². The fraction of sp³-hybridized carbons (Fsp3) is 0.242. The van der Waals surface area contributed by atoms with Crippen molar-refractivity contribution in [3.63, 3.8) is 0 Å². The van der Waals surface area contributed by atoms with Crippen LogP contribution in [0.2, 0.25) is 0 Å². The number of ether oxygens (including phenoxy) is 3. The number of carbonyl (C=O) groups excluding carboxylic acids is 1. The first-order valence-corrected chi connectivity index (χ1v) is 13.6. The number of hydrogen-bond donors (Lipinski definition) is 1. The van der Waals surface area contributed by atoms with Gasteiger partial charge in [-0.15, -0.1) is 0 Å². The maximum atomic E-state index is 14.1. The van der Waals surface area contributed by atoms with E-state index >= 15 is 0 Å². The van der Waals surface area contributed by atoms with Gasteiger partial charge in [0, 0.05) is 46.7 Å². The van der Waals surface area contributed by atoms with Crippen molar-refractivity contribution in [2.75, 3.05) is 26.6 Å². The summed E-state index contributed by atoms with van der Waals surface area (Å²) >= 11 is 0. The van der Waals surface area contributed by atoms with Gasteiger partial charge < -0.3 is 24.1 Å². The van der Waals surface area contributed by atoms with Gasteiger partial charge >= 0.3 is 0 Å². The molecule has 0 spiro atoms. The molecule has 8 heteroatoms. The number of pyridine rings is 2. The molecule has 3 aromatic carbocycles. The van der Waals surface area contributed by atoms with Gasteiger partial charge in [-0.1, -0.05) is 30.3 Å². The van der Waals surface area contributed by atoms with Gasteiger partial charge in [0.1, 0.15) is 5.75 Å². The van der Waals surface area contributed by atoms with E-state index in [9.17, 15) is 9.59 Å². The van der Waals surface area contributed by atoms with E-state index in [1.807, 2.05) is 48.5 Å². The van der Waals surface area contributed by atoms with E-state index in [1.165, 1.54) is 14.2 Å². The first-order chi connectivity index (χ1) is 20.0. The fourth-order valence-electron chi connectivity index (χ4n) is 5.88. The lowest BCUT2D eigenvalue weighted by molar-refractivity contribution is 0.104. The van der Waals surface area contributed by atoms with Gasteiger partial charge in [0.2, 0.25) is 0 Å². The molecule has 1 aliphatic carbocycles. The summed E-state index contributed by atoms with van der Waals surface area (Å²) in [5.74, 6) is 1.45. The summed E-state index contributed by atoms with van der Waals surface area (Å²) < 4.78 is 18.4. The molecule has 8 nitrogen and oxygen atoms in total. The van der Waals surface area contributed by atoms with Crippen LogP contribution in [0.25, 0.3) is 32.9 Å². The average molecular weight is 550 g/mol. The summed E-state index contributed by atoms with van der Waals surface area (Å²) in [5.41, 5.74) is 4.14. The molecule has 2 aromatic heterocycles. The van der Waals surface area contributed by atoms with Gasteiger partial charge in [-0.25, -0.2) is 0 Å². The van der Waals surface area contributed by atoms with Crippen LogP contribution in [-0.4, -0.2) is 42.7 Å². The number of carbonyl (C=O) groups is 1. The van der Waals surface area contributed by atoms with Crippen molar-refractivity contribution in [1.29, 1.82) is 0 Å². The number of nitrogens with one attached hydrogen (secondary N) is 1. The predicted molar refractivity (Wildman–Crippen MR) is 161 cm³/mol. The Morgan fingerprint density at radius 1 is 0.927 bits per heavy atom. The second kappa shape index (κ2) is 10.6. The largest absolute Gasteiger partial charge is 0.497 e. The number of methoxy groups -OCH3 is 3. The van der Waals surface area contributed by atoms with E-state index in [0.29, 0.717) is 52.1 Å². The normalized spacial score (nSPS) is 12.7. The third-order valence-corrected chi connectivity index (χ3v) is 7.77. The molecule has 0 radical (unpaired) electrons. The van der Waals surface area contributed by atoms with E-state index in [-0.39, 0.29) is 17.4 Å². The van der Waals surface area contributed by atoms with Gasteiger partial charge in [0.15, 0.2) is 17.3 Å². The highest BCUT2D eigenvalue weighted by Gasteiger charge is 2.33. The summed E-state index contributed by atoms with van der Waals surface area (Å²) in [7, 11) is 4.69. The summed E-state index contributed by atoms with van der Waals surface area (Å²) in [6, 6.07) is 18.9. The highest BCUT2D eigenvalue weighted by Crippen LogP contribution is 2.43. The molecule has 0 unspecified atom stereocenters. The Balaban J connectivity index is 1.36. The first kappa shape index (κ1) is 26.4. The predicted octanol–water partition coefficient (Wildman–Crippen LogP) is 6.07. The number of aromatic nitrogens is 2. The van der Waals surface area contributed by atoms with Crippen molar-refractivity contribution < 1.29 is 19.0 Å². The molecule has 6 rings (SSSR count). The third-order valence-electron chi connectivity index (χ3n) is 7.77. The molecule has 0 saturated heterocycles. The third kappa shape index (κ3) is 4.36. The lowest BCUT2D eigenvalue weighted by atomic mass is 10.0. The van der Waals surface area contributed by atoms with Crippen LogP contribution in [0, 0.1) is 0 Å². The number of nitrogens with zero attached hydrogens (tertiary/aromatic N) is 2. The highest BCUT2D eigenvalue weighted by atomic mass is 16.5. The molecule has 0 aliphatic heterocycles. The van der Waals surface area contributed by atoms with E-state index in [4.69, 9.17) is 14.2 Å². The smallest absolute Gasteiger partial charge is 0.262 e. The molecule has 1 atom stereocenters. The van der Waals surface area contributed by atoms with Crippen molar-refractivity contribution >= 4 is 33.1 Å². The Labute approximate surface area is 237 Å². The molecule has 1 N–H and O–H groups in total. The van der Waals surface area contributed by atoms with Crippen LogP contribution in [0.1, 0.15) is 35.7 Å². The van der Waals surface area contributed by atoms with E-state index in [0.717, 1.165) is 34.3 Å². The van der Waals surface area contributed by atoms with Gasteiger partial charge in [-0.2, -0.15) is 0 Å². The van der Waals surface area contributed by atoms with Crippen LogP contribution in [0.4, 0.5) is 5.69 Å². The van der Waals surface area contributed by atoms with E-state index in [1.54, 1.807) is 30.0 Å². The van der Waals surface area contributed by atoms with Crippen LogP contribution in [0.5, 0.6) is 17.2 Å². The van der Waals surface area contributed by atoms with Gasteiger partial charge in [-0.3, -0.25) is 14.6 Å². The minimum atomic E-state index is -0.206. The summed E-state index contributed by atoms with van der Waals surface area (Å²) in [6.45, 7) is 2.54.